The molecule has 0 bridgehead atoms. The Bertz CT molecular complexity index is 947. The van der Waals surface area contributed by atoms with Crippen LogP contribution in [0.3, 0.4) is 0 Å². The molecule has 0 unspecified atom stereocenters. The highest BCUT2D eigenvalue weighted by Crippen LogP contribution is 2.56. The van der Waals surface area contributed by atoms with Crippen molar-refractivity contribution in [2.75, 3.05) is 12.8 Å². The normalized spacial score (nSPS) is 12.5. The minimum absolute atomic E-state index is 0.680. The van der Waals surface area contributed by atoms with Crippen molar-refractivity contribution >= 4 is 31.5 Å². The van der Waals surface area contributed by atoms with Gasteiger partial charge in [0.1, 0.15) is 23.2 Å². The van der Waals surface area contributed by atoms with Gasteiger partial charge in [-0.2, -0.15) is 0 Å². The summed E-state index contributed by atoms with van der Waals surface area (Å²) < 4.78 is 6.76. The maximum Gasteiger partial charge on any atom is 0.200 e. The quantitative estimate of drug-likeness (QED) is 0.0833. The summed E-state index contributed by atoms with van der Waals surface area (Å²) in [4.78, 5) is 0. The van der Waals surface area contributed by atoms with Gasteiger partial charge < -0.3 is 4.43 Å². The fourth-order valence-corrected chi connectivity index (χ4v) is 17.1. The molecular formula is C37H56OPSi+. The molecule has 1 nitrogen and oxygen atoms in total. The molecule has 0 aliphatic carbocycles. The largest absolute Gasteiger partial charge is 0.416 e. The van der Waals surface area contributed by atoms with Gasteiger partial charge in [0.15, 0.2) is 8.32 Å². The second-order valence-electron chi connectivity index (χ2n) is 12.5. The molecule has 0 amide bonds. The zero-order valence-corrected chi connectivity index (χ0v) is 28.2. The van der Waals surface area contributed by atoms with Crippen molar-refractivity contribution in [3.05, 3.63) is 91.0 Å². The van der Waals surface area contributed by atoms with Gasteiger partial charge in [-0.25, -0.2) is 0 Å². The molecule has 0 fully saturated rings. The molecule has 40 heavy (non-hydrogen) atoms. The smallest absolute Gasteiger partial charge is 0.200 e. The van der Waals surface area contributed by atoms with Gasteiger partial charge in [-0.3, -0.25) is 0 Å². The van der Waals surface area contributed by atoms with E-state index in [1.54, 1.807) is 0 Å². The molecule has 0 N–H and O–H groups in total. The molecule has 0 atom stereocenters. The monoisotopic (exact) mass is 575 g/mol. The van der Waals surface area contributed by atoms with Gasteiger partial charge >= 0.3 is 0 Å². The van der Waals surface area contributed by atoms with Crippen LogP contribution >= 0.6 is 7.26 Å². The number of hydrogen-bond acceptors (Lipinski definition) is 1. The molecule has 3 rings (SSSR count). The van der Waals surface area contributed by atoms with Crippen LogP contribution in [0.25, 0.3) is 0 Å². The molecule has 0 aliphatic heterocycles. The SMILES string of the molecule is CC(C)[Si](OCCCCCCCCCC[P+](c1ccccc1)(c1ccccc1)c1ccccc1)(C(C)C)C(C)C. The Balaban J connectivity index is 1.48. The molecule has 3 heteroatoms. The summed E-state index contributed by atoms with van der Waals surface area (Å²) in [6.45, 7) is 15.3. The first-order valence-corrected chi connectivity index (χ1v) is 20.2. The molecule has 0 saturated heterocycles. The lowest BCUT2D eigenvalue weighted by atomic mass is 10.1. The van der Waals surface area contributed by atoms with E-state index in [9.17, 15) is 0 Å². The average Bonchev–Trinajstić information content (AvgIpc) is 2.96. The van der Waals surface area contributed by atoms with Crippen molar-refractivity contribution in [3.8, 4) is 0 Å². The van der Waals surface area contributed by atoms with Crippen molar-refractivity contribution < 1.29 is 4.43 Å². The molecule has 0 aliphatic rings. The van der Waals surface area contributed by atoms with Gasteiger partial charge in [-0.15, -0.1) is 0 Å². The number of rotatable bonds is 18. The van der Waals surface area contributed by atoms with Crippen molar-refractivity contribution in [1.82, 2.24) is 0 Å². The van der Waals surface area contributed by atoms with E-state index in [1.807, 2.05) is 0 Å². The molecule has 0 aromatic heterocycles. The first kappa shape index (κ1) is 32.8. The van der Waals surface area contributed by atoms with Gasteiger partial charge in [0.2, 0.25) is 0 Å². The van der Waals surface area contributed by atoms with E-state index in [2.05, 4.69) is 133 Å². The Morgan fingerprint density at radius 1 is 0.475 bits per heavy atom. The molecule has 0 heterocycles. The van der Waals surface area contributed by atoms with Crippen LogP contribution < -0.4 is 15.9 Å². The lowest BCUT2D eigenvalue weighted by Crippen LogP contribution is -2.47. The summed E-state index contributed by atoms with van der Waals surface area (Å²) in [5, 5.41) is 4.53. The maximum absolute atomic E-state index is 6.76. The van der Waals surface area contributed by atoms with Crippen LogP contribution in [-0.2, 0) is 4.43 Å². The second-order valence-corrected chi connectivity index (χ2v) is 21.6. The van der Waals surface area contributed by atoms with E-state index < -0.39 is 15.6 Å². The number of hydrogen-bond donors (Lipinski definition) is 0. The van der Waals surface area contributed by atoms with E-state index >= 15 is 0 Å². The van der Waals surface area contributed by atoms with Crippen molar-refractivity contribution in [1.29, 1.82) is 0 Å². The third-order valence-electron chi connectivity index (χ3n) is 9.04. The standard InChI is InChI=1S/C37H56OPSi/c1-32(2)40(33(3)4,34(5)6)38-30-22-11-9-7-8-10-12-23-31-39(35-24-16-13-17-25-35,36-26-18-14-19-27-36)37-28-20-15-21-29-37/h13-21,24-29,32-34H,7-12,22-23,30-31H2,1-6H3/q+1. The lowest BCUT2D eigenvalue weighted by molar-refractivity contribution is 0.267. The molecule has 0 spiro atoms. The first-order valence-electron chi connectivity index (χ1n) is 16.0. The summed E-state index contributed by atoms with van der Waals surface area (Å²) in [5.74, 6) is 0. The minimum atomic E-state index is -1.70. The van der Waals surface area contributed by atoms with Gasteiger partial charge in [0.05, 0.1) is 6.16 Å². The number of unbranched alkanes of at least 4 members (excludes halogenated alkanes) is 7. The fraction of sp³-hybridized carbons (Fsp3) is 0.514. The summed E-state index contributed by atoms with van der Waals surface area (Å²) in [6.07, 6.45) is 11.8. The zero-order chi connectivity index (χ0) is 28.8. The van der Waals surface area contributed by atoms with E-state index in [0.29, 0.717) is 16.6 Å². The molecule has 3 aromatic carbocycles. The maximum atomic E-state index is 6.76. The van der Waals surface area contributed by atoms with Crippen LogP contribution in [-0.4, -0.2) is 21.1 Å². The average molecular weight is 576 g/mol. The minimum Gasteiger partial charge on any atom is -0.416 e. The molecule has 218 valence electrons. The highest BCUT2D eigenvalue weighted by Gasteiger charge is 2.45. The summed E-state index contributed by atoms with van der Waals surface area (Å²) in [6, 6.07) is 34.0. The number of benzene rings is 3. The molecule has 0 radical (unpaired) electrons. The van der Waals surface area contributed by atoms with Crippen LogP contribution in [0.1, 0.15) is 92.9 Å². The van der Waals surface area contributed by atoms with E-state index in [4.69, 9.17) is 4.43 Å². The summed E-state index contributed by atoms with van der Waals surface area (Å²) >= 11 is 0. The predicted octanol–water partition coefficient (Wildman–Crippen LogP) is 10.3. The molecule has 3 aromatic rings. The van der Waals surface area contributed by atoms with Crippen LogP contribution in [0.2, 0.25) is 16.6 Å². The topological polar surface area (TPSA) is 9.23 Å². The van der Waals surface area contributed by atoms with E-state index in [0.717, 1.165) is 6.61 Å². The second kappa shape index (κ2) is 16.6. The Hall–Kier alpha value is -1.73. The van der Waals surface area contributed by atoms with Gasteiger partial charge in [0, 0.05) is 6.61 Å². The zero-order valence-electron chi connectivity index (χ0n) is 26.3. The van der Waals surface area contributed by atoms with Crippen LogP contribution in [0, 0.1) is 0 Å². The molecule has 0 saturated carbocycles. The summed E-state index contributed by atoms with van der Waals surface area (Å²) in [5.41, 5.74) is 2.04. The molecular weight excluding hydrogens is 519 g/mol. The fourth-order valence-electron chi connectivity index (χ4n) is 7.14. The van der Waals surface area contributed by atoms with Gasteiger partial charge in [-0.05, 0) is 72.3 Å². The van der Waals surface area contributed by atoms with E-state index in [1.165, 1.54) is 73.4 Å². The van der Waals surface area contributed by atoms with Crippen molar-refractivity contribution in [2.45, 2.75) is 110 Å². The van der Waals surface area contributed by atoms with Gasteiger partial charge in [0.25, 0.3) is 0 Å². The van der Waals surface area contributed by atoms with Crippen molar-refractivity contribution in [3.63, 3.8) is 0 Å². The van der Waals surface area contributed by atoms with Crippen LogP contribution in [0.4, 0.5) is 0 Å². The third kappa shape index (κ3) is 8.18. The Morgan fingerprint density at radius 3 is 1.15 bits per heavy atom. The van der Waals surface area contributed by atoms with Crippen LogP contribution in [0.15, 0.2) is 91.0 Å². The Labute approximate surface area is 248 Å². The van der Waals surface area contributed by atoms with Crippen LogP contribution in [0.5, 0.6) is 0 Å². The van der Waals surface area contributed by atoms with Gasteiger partial charge in [-0.1, -0.05) is 128 Å². The third-order valence-corrected chi connectivity index (χ3v) is 19.7. The predicted molar refractivity (Wildman–Crippen MR) is 184 cm³/mol. The van der Waals surface area contributed by atoms with Crippen molar-refractivity contribution in [2.24, 2.45) is 0 Å². The Kier molecular flexibility index (Phi) is 13.6. The summed E-state index contributed by atoms with van der Waals surface area (Å²) in [7, 11) is -3.38. The lowest BCUT2D eigenvalue weighted by Gasteiger charge is -2.42. The highest BCUT2D eigenvalue weighted by atomic mass is 31.2. The Morgan fingerprint density at radius 2 is 0.800 bits per heavy atom. The first-order chi connectivity index (χ1) is 19.4. The highest BCUT2D eigenvalue weighted by molar-refractivity contribution is 7.95. The van der Waals surface area contributed by atoms with E-state index in [-0.39, 0.29) is 0 Å².